The topological polar surface area (TPSA) is 41.1 Å². The van der Waals surface area contributed by atoms with E-state index in [9.17, 15) is 9.18 Å². The standard InChI is InChI=1S/C15H23FN2O/c1-4-5-6-9-17-15(19)12(3)18-13-8-7-11(2)14(16)10-13/h7-8,10,12,18H,4-6,9H2,1-3H3,(H,17,19). The number of halogens is 1. The number of anilines is 1. The summed E-state index contributed by atoms with van der Waals surface area (Å²) in [5, 5.41) is 5.87. The van der Waals surface area contributed by atoms with Crippen molar-refractivity contribution in [2.75, 3.05) is 11.9 Å². The zero-order valence-electron chi connectivity index (χ0n) is 11.9. The van der Waals surface area contributed by atoms with E-state index in [2.05, 4.69) is 17.6 Å². The number of benzene rings is 1. The Morgan fingerprint density at radius 3 is 2.74 bits per heavy atom. The van der Waals surface area contributed by atoms with E-state index in [-0.39, 0.29) is 17.8 Å². The molecule has 0 bridgehead atoms. The Kier molecular flexibility index (Phi) is 6.33. The minimum atomic E-state index is -0.372. The van der Waals surface area contributed by atoms with Crippen LogP contribution in [0.15, 0.2) is 18.2 Å². The van der Waals surface area contributed by atoms with E-state index in [4.69, 9.17) is 0 Å². The van der Waals surface area contributed by atoms with Crippen molar-refractivity contribution in [2.24, 2.45) is 0 Å². The molecule has 1 rings (SSSR count). The summed E-state index contributed by atoms with van der Waals surface area (Å²) in [6.07, 6.45) is 3.24. The lowest BCUT2D eigenvalue weighted by molar-refractivity contribution is -0.121. The maximum absolute atomic E-state index is 13.4. The summed E-state index contributed by atoms with van der Waals surface area (Å²) in [7, 11) is 0. The summed E-state index contributed by atoms with van der Waals surface area (Å²) in [4.78, 5) is 11.8. The van der Waals surface area contributed by atoms with Crippen LogP contribution in [0.5, 0.6) is 0 Å². The Hall–Kier alpha value is -1.58. The first kappa shape index (κ1) is 15.5. The van der Waals surface area contributed by atoms with Crippen LogP contribution in [-0.4, -0.2) is 18.5 Å². The number of nitrogens with one attached hydrogen (secondary N) is 2. The Morgan fingerprint density at radius 2 is 2.11 bits per heavy atom. The van der Waals surface area contributed by atoms with E-state index in [1.807, 2.05) is 0 Å². The van der Waals surface area contributed by atoms with Gasteiger partial charge in [0.05, 0.1) is 0 Å². The number of rotatable bonds is 7. The van der Waals surface area contributed by atoms with Gasteiger partial charge in [-0.25, -0.2) is 4.39 Å². The number of unbranched alkanes of at least 4 members (excludes halogenated alkanes) is 2. The highest BCUT2D eigenvalue weighted by Gasteiger charge is 2.12. The Balaban J connectivity index is 2.42. The number of carbonyl (C=O) groups is 1. The molecule has 0 radical (unpaired) electrons. The van der Waals surface area contributed by atoms with Gasteiger partial charge in [-0.3, -0.25) is 4.79 Å². The molecule has 4 heteroatoms. The van der Waals surface area contributed by atoms with Crippen molar-refractivity contribution in [3.8, 4) is 0 Å². The second-order valence-electron chi connectivity index (χ2n) is 4.83. The third kappa shape index (κ3) is 5.28. The summed E-state index contributed by atoms with van der Waals surface area (Å²) >= 11 is 0. The fourth-order valence-electron chi connectivity index (χ4n) is 1.74. The third-order valence-electron chi connectivity index (χ3n) is 3.03. The molecule has 0 aliphatic rings. The summed E-state index contributed by atoms with van der Waals surface area (Å²) in [6, 6.07) is 4.52. The van der Waals surface area contributed by atoms with Crippen LogP contribution in [0.25, 0.3) is 0 Å². The first-order valence-corrected chi connectivity index (χ1v) is 6.85. The lowest BCUT2D eigenvalue weighted by Gasteiger charge is -2.15. The van der Waals surface area contributed by atoms with E-state index in [0.717, 1.165) is 19.3 Å². The van der Waals surface area contributed by atoms with Gasteiger partial charge in [0.25, 0.3) is 0 Å². The molecule has 0 saturated carbocycles. The largest absolute Gasteiger partial charge is 0.374 e. The summed E-state index contributed by atoms with van der Waals surface area (Å²) < 4.78 is 13.4. The molecule has 1 aromatic carbocycles. The minimum Gasteiger partial charge on any atom is -0.374 e. The molecule has 19 heavy (non-hydrogen) atoms. The van der Waals surface area contributed by atoms with Crippen molar-refractivity contribution < 1.29 is 9.18 Å². The predicted octanol–water partition coefficient (Wildman–Crippen LogP) is 3.24. The summed E-state index contributed by atoms with van der Waals surface area (Å²) in [5.74, 6) is -0.322. The lowest BCUT2D eigenvalue weighted by atomic mass is 10.2. The van der Waals surface area contributed by atoms with Crippen molar-refractivity contribution in [3.05, 3.63) is 29.6 Å². The SMILES string of the molecule is CCCCCNC(=O)C(C)Nc1ccc(C)c(F)c1. The zero-order chi connectivity index (χ0) is 14.3. The smallest absolute Gasteiger partial charge is 0.242 e. The molecular formula is C15H23FN2O. The molecule has 106 valence electrons. The van der Waals surface area contributed by atoms with Crippen molar-refractivity contribution >= 4 is 11.6 Å². The molecule has 0 spiro atoms. The van der Waals surface area contributed by atoms with Crippen LogP contribution >= 0.6 is 0 Å². The van der Waals surface area contributed by atoms with Gasteiger partial charge in [0.15, 0.2) is 0 Å². The molecule has 1 amide bonds. The average molecular weight is 266 g/mol. The first-order chi connectivity index (χ1) is 9.04. The second kappa shape index (κ2) is 7.77. The number of amides is 1. The van der Waals surface area contributed by atoms with Crippen molar-refractivity contribution in [1.82, 2.24) is 5.32 Å². The van der Waals surface area contributed by atoms with Gasteiger partial charge >= 0.3 is 0 Å². The van der Waals surface area contributed by atoms with Crippen LogP contribution in [0.2, 0.25) is 0 Å². The predicted molar refractivity (Wildman–Crippen MR) is 76.8 cm³/mol. The highest BCUT2D eigenvalue weighted by Crippen LogP contribution is 2.14. The third-order valence-corrected chi connectivity index (χ3v) is 3.03. The molecule has 0 fully saturated rings. The maximum atomic E-state index is 13.4. The number of aryl methyl sites for hydroxylation is 1. The highest BCUT2D eigenvalue weighted by atomic mass is 19.1. The molecule has 0 heterocycles. The minimum absolute atomic E-state index is 0.0583. The van der Waals surface area contributed by atoms with E-state index < -0.39 is 0 Å². The molecule has 0 saturated heterocycles. The maximum Gasteiger partial charge on any atom is 0.242 e. The van der Waals surface area contributed by atoms with Gasteiger partial charge in [0, 0.05) is 12.2 Å². The molecule has 1 unspecified atom stereocenters. The molecule has 0 aromatic heterocycles. The van der Waals surface area contributed by atoms with Crippen LogP contribution in [0.3, 0.4) is 0 Å². The van der Waals surface area contributed by atoms with Gasteiger partial charge in [-0.15, -0.1) is 0 Å². The van der Waals surface area contributed by atoms with Gasteiger partial charge in [0.2, 0.25) is 5.91 Å². The van der Waals surface area contributed by atoms with E-state index in [0.29, 0.717) is 17.8 Å². The molecule has 0 aliphatic carbocycles. The normalized spacial score (nSPS) is 12.0. The Morgan fingerprint density at radius 1 is 1.37 bits per heavy atom. The van der Waals surface area contributed by atoms with Crippen molar-refractivity contribution in [3.63, 3.8) is 0 Å². The van der Waals surface area contributed by atoms with E-state index >= 15 is 0 Å². The molecule has 0 aliphatic heterocycles. The summed E-state index contributed by atoms with van der Waals surface area (Å²) in [5.41, 5.74) is 1.22. The van der Waals surface area contributed by atoms with Crippen LogP contribution in [-0.2, 0) is 4.79 Å². The number of carbonyl (C=O) groups excluding carboxylic acids is 1. The fourth-order valence-corrected chi connectivity index (χ4v) is 1.74. The molecule has 3 nitrogen and oxygen atoms in total. The van der Waals surface area contributed by atoms with Gasteiger partial charge in [0.1, 0.15) is 11.9 Å². The monoisotopic (exact) mass is 266 g/mol. The Labute approximate surface area is 114 Å². The Bertz CT molecular complexity index is 421. The highest BCUT2D eigenvalue weighted by molar-refractivity contribution is 5.84. The molecular weight excluding hydrogens is 243 g/mol. The molecule has 1 aromatic rings. The van der Waals surface area contributed by atoms with Crippen LogP contribution in [0.4, 0.5) is 10.1 Å². The molecule has 1 atom stereocenters. The van der Waals surface area contributed by atoms with Crippen LogP contribution in [0, 0.1) is 12.7 Å². The zero-order valence-corrected chi connectivity index (χ0v) is 11.9. The van der Waals surface area contributed by atoms with Gasteiger partial charge < -0.3 is 10.6 Å². The quantitative estimate of drug-likeness (QED) is 0.744. The fraction of sp³-hybridized carbons (Fsp3) is 0.533. The van der Waals surface area contributed by atoms with Crippen molar-refractivity contribution in [1.29, 1.82) is 0 Å². The first-order valence-electron chi connectivity index (χ1n) is 6.85. The van der Waals surface area contributed by atoms with Crippen LogP contribution < -0.4 is 10.6 Å². The van der Waals surface area contributed by atoms with E-state index in [1.165, 1.54) is 6.07 Å². The second-order valence-corrected chi connectivity index (χ2v) is 4.83. The molecule has 2 N–H and O–H groups in total. The number of hydrogen-bond donors (Lipinski definition) is 2. The summed E-state index contributed by atoms with van der Waals surface area (Å²) in [6.45, 7) is 6.30. The van der Waals surface area contributed by atoms with Gasteiger partial charge in [-0.05, 0) is 38.0 Å². The van der Waals surface area contributed by atoms with Gasteiger partial charge in [-0.1, -0.05) is 25.8 Å². The van der Waals surface area contributed by atoms with Crippen LogP contribution in [0.1, 0.15) is 38.7 Å². The number of hydrogen-bond acceptors (Lipinski definition) is 2. The van der Waals surface area contributed by atoms with Crippen molar-refractivity contribution in [2.45, 2.75) is 46.1 Å². The lowest BCUT2D eigenvalue weighted by Crippen LogP contribution is -2.38. The van der Waals surface area contributed by atoms with Gasteiger partial charge in [-0.2, -0.15) is 0 Å². The van der Waals surface area contributed by atoms with E-state index in [1.54, 1.807) is 26.0 Å². The average Bonchev–Trinajstić information content (AvgIpc) is 2.38.